The van der Waals surface area contributed by atoms with E-state index in [9.17, 15) is 9.59 Å². The van der Waals surface area contributed by atoms with Crippen LogP contribution in [0.3, 0.4) is 0 Å². The Morgan fingerprint density at radius 3 is 1.29 bits per heavy atom. The van der Waals surface area contributed by atoms with Crippen LogP contribution in [0, 0.1) is 0 Å². The number of hydrogen-bond donors (Lipinski definition) is 2. The third kappa shape index (κ3) is 9.67. The first kappa shape index (κ1) is 19.2. The fraction of sp³-hybridized carbons (Fsp3) is 0.125. The summed E-state index contributed by atoms with van der Waals surface area (Å²) >= 11 is 0.230. The Bertz CT molecular complexity index is 587. The van der Waals surface area contributed by atoms with Crippen molar-refractivity contribution in [3.05, 3.63) is 81.1 Å². The zero-order valence-electron chi connectivity index (χ0n) is 12.0. The molecule has 2 radical (unpaired) electrons. The molecule has 0 aromatic heterocycles. The summed E-state index contributed by atoms with van der Waals surface area (Å²) < 4.78 is 0. The molecule has 0 heterocycles. The van der Waals surface area contributed by atoms with Crippen LogP contribution >= 0.6 is 0 Å². The molecule has 0 spiro atoms. The van der Waals surface area contributed by atoms with Crippen molar-refractivity contribution in [3.63, 3.8) is 0 Å². The molecular formula is C16H18O4Sn. The van der Waals surface area contributed by atoms with E-state index in [0.717, 1.165) is 0 Å². The van der Waals surface area contributed by atoms with Gasteiger partial charge in [0.2, 0.25) is 10.9 Å². The van der Waals surface area contributed by atoms with E-state index in [4.69, 9.17) is 10.2 Å². The normalized spacial score (nSPS) is 8.48. The van der Waals surface area contributed by atoms with Gasteiger partial charge in [0.25, 0.3) is 0 Å². The molecule has 0 aliphatic rings. The van der Waals surface area contributed by atoms with Crippen LogP contribution in [-0.2, 0) is 0 Å². The Balaban J connectivity index is 0.000000322. The van der Waals surface area contributed by atoms with Crippen LogP contribution in [0.15, 0.2) is 70.3 Å². The van der Waals surface area contributed by atoms with E-state index in [-0.39, 0.29) is 43.5 Å². The van der Waals surface area contributed by atoms with Gasteiger partial charge in [-0.2, -0.15) is 0 Å². The minimum absolute atomic E-state index is 0.208. The van der Waals surface area contributed by atoms with Crippen LogP contribution in [0.1, 0.15) is 0 Å². The second-order valence-electron chi connectivity index (χ2n) is 3.82. The van der Waals surface area contributed by atoms with Crippen LogP contribution in [0.5, 0.6) is 11.5 Å². The predicted molar refractivity (Wildman–Crippen MR) is 86.2 cm³/mol. The Morgan fingerprint density at radius 2 is 0.952 bits per heavy atom. The molecule has 0 saturated carbocycles. The summed E-state index contributed by atoms with van der Waals surface area (Å²) in [5.41, 5.74) is -0.694. The topological polar surface area (TPSA) is 74.6 Å². The molecule has 110 valence electrons. The molecule has 2 rings (SSSR count). The summed E-state index contributed by atoms with van der Waals surface area (Å²) in [6, 6.07) is 15.1. The number of hydrogen-bond acceptors (Lipinski definition) is 4. The molecule has 2 N–H and O–H groups in total. The van der Waals surface area contributed by atoms with Crippen LogP contribution in [0.25, 0.3) is 0 Å². The SMILES string of the molecule is O=c1cccccc1O.O=c1cccccc1O.[CH3][Sn][CH3]. The fourth-order valence-corrected chi connectivity index (χ4v) is 1.04. The third-order valence-corrected chi connectivity index (χ3v) is 1.95. The maximum atomic E-state index is 10.6. The molecule has 0 saturated heterocycles. The molecule has 0 atom stereocenters. The van der Waals surface area contributed by atoms with Gasteiger partial charge < -0.3 is 10.2 Å². The molecule has 2 aromatic rings. The quantitative estimate of drug-likeness (QED) is 0.674. The van der Waals surface area contributed by atoms with Crippen molar-refractivity contribution in [2.45, 2.75) is 9.88 Å². The summed E-state index contributed by atoms with van der Waals surface area (Å²) in [5, 5.41) is 17.5. The van der Waals surface area contributed by atoms with Crippen molar-refractivity contribution in [1.82, 2.24) is 0 Å². The predicted octanol–water partition coefficient (Wildman–Crippen LogP) is 2.29. The molecule has 0 bridgehead atoms. The van der Waals surface area contributed by atoms with Crippen LogP contribution in [-0.4, -0.2) is 31.4 Å². The van der Waals surface area contributed by atoms with Crippen LogP contribution in [0.2, 0.25) is 9.88 Å². The fourth-order valence-electron chi connectivity index (χ4n) is 1.04. The monoisotopic (exact) mass is 394 g/mol. The summed E-state index contributed by atoms with van der Waals surface area (Å²) in [4.78, 5) is 25.7. The third-order valence-electron chi connectivity index (χ3n) is 1.95. The first-order valence-electron chi connectivity index (χ1n) is 6.18. The van der Waals surface area contributed by atoms with E-state index in [1.807, 2.05) is 0 Å². The molecule has 2 aromatic carbocycles. The molecule has 0 amide bonds. The minimum atomic E-state index is -0.347. The van der Waals surface area contributed by atoms with E-state index in [0.29, 0.717) is 0 Å². The van der Waals surface area contributed by atoms with Crippen molar-refractivity contribution in [2.24, 2.45) is 0 Å². The van der Waals surface area contributed by atoms with E-state index < -0.39 is 0 Å². The van der Waals surface area contributed by atoms with Gasteiger partial charge in [-0.3, -0.25) is 9.59 Å². The van der Waals surface area contributed by atoms with Gasteiger partial charge >= 0.3 is 31.0 Å². The summed E-state index contributed by atoms with van der Waals surface area (Å²) in [6.45, 7) is 0. The van der Waals surface area contributed by atoms with Crippen molar-refractivity contribution < 1.29 is 10.2 Å². The van der Waals surface area contributed by atoms with Gasteiger partial charge in [0, 0.05) is 0 Å². The van der Waals surface area contributed by atoms with Crippen LogP contribution in [0.4, 0.5) is 0 Å². The van der Waals surface area contributed by atoms with Crippen molar-refractivity contribution in [1.29, 1.82) is 0 Å². The van der Waals surface area contributed by atoms with E-state index >= 15 is 0 Å². The molecule has 21 heavy (non-hydrogen) atoms. The molecule has 4 nitrogen and oxygen atoms in total. The average molecular weight is 393 g/mol. The molecular weight excluding hydrogens is 375 g/mol. The van der Waals surface area contributed by atoms with Crippen LogP contribution < -0.4 is 10.9 Å². The second kappa shape index (κ2) is 12.0. The van der Waals surface area contributed by atoms with Crippen molar-refractivity contribution in [3.8, 4) is 11.5 Å². The van der Waals surface area contributed by atoms with E-state index in [2.05, 4.69) is 9.88 Å². The van der Waals surface area contributed by atoms with Gasteiger partial charge in [-0.1, -0.05) is 36.4 Å². The zero-order valence-corrected chi connectivity index (χ0v) is 14.8. The summed E-state index contributed by atoms with van der Waals surface area (Å²) in [5.74, 6) is -0.417. The average Bonchev–Trinajstić information content (AvgIpc) is 2.75. The number of rotatable bonds is 0. The Morgan fingerprint density at radius 1 is 0.667 bits per heavy atom. The summed E-state index contributed by atoms with van der Waals surface area (Å²) in [7, 11) is 0. The molecule has 0 fully saturated rings. The number of aromatic hydroxyl groups is 2. The Hall–Kier alpha value is -1.82. The Labute approximate surface area is 134 Å². The second-order valence-corrected chi connectivity index (χ2v) is 6.67. The van der Waals surface area contributed by atoms with Gasteiger partial charge in [-0.05, 0) is 24.3 Å². The van der Waals surface area contributed by atoms with Crippen molar-refractivity contribution >= 4 is 21.1 Å². The van der Waals surface area contributed by atoms with Gasteiger partial charge in [0.1, 0.15) is 0 Å². The molecule has 0 aliphatic carbocycles. The van der Waals surface area contributed by atoms with Gasteiger partial charge in [-0.15, -0.1) is 0 Å². The standard InChI is InChI=1S/2C7H6O2.2CH3.Sn/c2*8-6-4-2-1-3-5-7(6)9;;;/h2*1-5H,(H,8,9);2*1H3;. The zero-order chi connectivity index (χ0) is 16.1. The van der Waals surface area contributed by atoms with Gasteiger partial charge in [0.15, 0.2) is 11.5 Å². The molecule has 0 unspecified atom stereocenters. The summed E-state index contributed by atoms with van der Waals surface area (Å²) in [6.07, 6.45) is 0. The van der Waals surface area contributed by atoms with E-state index in [1.54, 1.807) is 36.4 Å². The molecule has 5 heteroatoms. The maximum absolute atomic E-state index is 10.6. The van der Waals surface area contributed by atoms with Crippen molar-refractivity contribution in [2.75, 3.05) is 0 Å². The van der Waals surface area contributed by atoms with Gasteiger partial charge in [0.05, 0.1) is 0 Å². The van der Waals surface area contributed by atoms with Gasteiger partial charge in [-0.25, -0.2) is 0 Å². The molecule has 0 aliphatic heterocycles. The first-order chi connectivity index (χ1) is 10.0. The van der Waals surface area contributed by atoms with E-state index in [1.165, 1.54) is 24.3 Å². The Kier molecular flexibility index (Phi) is 10.9. The first-order valence-corrected chi connectivity index (χ1v) is 11.9.